The van der Waals surface area contributed by atoms with Crippen LogP contribution in [0.5, 0.6) is 0 Å². The van der Waals surface area contributed by atoms with Crippen LogP contribution in [0, 0.1) is 6.92 Å². The highest BCUT2D eigenvalue weighted by atomic mass is 16.5. The molecule has 2 aromatic heterocycles. The van der Waals surface area contributed by atoms with Gasteiger partial charge in [-0.25, -0.2) is 15.8 Å². The largest absolute Gasteiger partial charge is 0.465 e. The van der Waals surface area contributed by atoms with Crippen LogP contribution in [0.15, 0.2) is 22.6 Å². The number of nitrogens with one attached hydrogen (secondary N) is 2. The van der Waals surface area contributed by atoms with Crippen LogP contribution in [0.2, 0.25) is 0 Å². The van der Waals surface area contributed by atoms with Gasteiger partial charge < -0.3 is 19.9 Å². The third-order valence-corrected chi connectivity index (χ3v) is 2.43. The first-order chi connectivity index (χ1) is 9.21. The van der Waals surface area contributed by atoms with Crippen molar-refractivity contribution < 1.29 is 9.15 Å². The van der Waals surface area contributed by atoms with Crippen molar-refractivity contribution in [3.8, 4) is 0 Å². The van der Waals surface area contributed by atoms with Gasteiger partial charge in [-0.1, -0.05) is 0 Å². The molecule has 0 aliphatic heterocycles. The molecule has 0 atom stereocenters. The van der Waals surface area contributed by atoms with Gasteiger partial charge in [0, 0.05) is 13.2 Å². The van der Waals surface area contributed by atoms with Crippen LogP contribution >= 0.6 is 0 Å². The van der Waals surface area contributed by atoms with Crippen molar-refractivity contribution in [1.82, 2.24) is 9.97 Å². The molecule has 0 aromatic carbocycles. The molecular formula is C12H17N5O2. The maximum Gasteiger partial charge on any atom is 0.158 e. The molecule has 0 radical (unpaired) electrons. The zero-order chi connectivity index (χ0) is 13.7. The Bertz CT molecular complexity index is 541. The third-order valence-electron chi connectivity index (χ3n) is 2.43. The predicted molar refractivity (Wildman–Crippen MR) is 71.3 cm³/mol. The molecule has 0 aliphatic carbocycles. The molecule has 4 N–H and O–H groups in total. The summed E-state index contributed by atoms with van der Waals surface area (Å²) in [7, 11) is 1.59. The summed E-state index contributed by atoms with van der Waals surface area (Å²) >= 11 is 0. The fraction of sp³-hybridized carbons (Fsp3) is 0.333. The number of aromatic nitrogens is 2. The van der Waals surface area contributed by atoms with Gasteiger partial charge in [0.05, 0.1) is 6.54 Å². The molecule has 0 spiro atoms. The van der Waals surface area contributed by atoms with Crippen LogP contribution in [0.1, 0.15) is 17.3 Å². The lowest BCUT2D eigenvalue weighted by atomic mass is 10.4. The average Bonchev–Trinajstić information content (AvgIpc) is 2.82. The fourth-order valence-electron chi connectivity index (χ4n) is 1.61. The summed E-state index contributed by atoms with van der Waals surface area (Å²) in [6, 6.07) is 5.55. The van der Waals surface area contributed by atoms with E-state index in [1.807, 2.05) is 19.1 Å². The van der Waals surface area contributed by atoms with Crippen LogP contribution in [0.4, 0.5) is 11.6 Å². The summed E-state index contributed by atoms with van der Waals surface area (Å²) < 4.78 is 10.5. The molecule has 0 saturated heterocycles. The van der Waals surface area contributed by atoms with Crippen LogP contribution in [-0.4, -0.2) is 17.1 Å². The first kappa shape index (κ1) is 13.3. The highest BCUT2D eigenvalue weighted by Crippen LogP contribution is 2.13. The summed E-state index contributed by atoms with van der Waals surface area (Å²) in [5.41, 5.74) is 2.50. The standard InChI is InChI=1S/C12H17N5O2/c1-8-3-4-9(19-8)6-14-10-5-11(17-13)16-12(15-10)7-18-2/h3-5H,6-7,13H2,1-2H3,(H2,14,15,16,17). The second-order valence-electron chi connectivity index (χ2n) is 4.00. The lowest BCUT2D eigenvalue weighted by Crippen LogP contribution is -2.12. The van der Waals surface area contributed by atoms with Gasteiger partial charge in [-0.05, 0) is 19.1 Å². The Morgan fingerprint density at radius 3 is 2.74 bits per heavy atom. The minimum Gasteiger partial charge on any atom is -0.465 e. The van der Waals surface area contributed by atoms with E-state index in [4.69, 9.17) is 15.0 Å². The van der Waals surface area contributed by atoms with Crippen LogP contribution in [-0.2, 0) is 17.9 Å². The molecule has 0 fully saturated rings. The molecule has 19 heavy (non-hydrogen) atoms. The lowest BCUT2D eigenvalue weighted by molar-refractivity contribution is 0.178. The second-order valence-corrected chi connectivity index (χ2v) is 4.00. The minimum absolute atomic E-state index is 0.323. The topological polar surface area (TPSA) is 98.2 Å². The second kappa shape index (κ2) is 6.17. The normalized spacial score (nSPS) is 10.5. The molecule has 2 aromatic rings. The Labute approximate surface area is 111 Å². The molecular weight excluding hydrogens is 246 g/mol. The monoisotopic (exact) mass is 263 g/mol. The molecule has 102 valence electrons. The first-order valence-electron chi connectivity index (χ1n) is 5.84. The van der Waals surface area contributed by atoms with E-state index < -0.39 is 0 Å². The number of anilines is 2. The van der Waals surface area contributed by atoms with Crippen molar-refractivity contribution in [2.24, 2.45) is 5.84 Å². The van der Waals surface area contributed by atoms with E-state index in [2.05, 4.69) is 20.7 Å². The minimum atomic E-state index is 0.323. The summed E-state index contributed by atoms with van der Waals surface area (Å²) in [4.78, 5) is 8.47. The number of furan rings is 1. The van der Waals surface area contributed by atoms with E-state index in [1.165, 1.54) is 0 Å². The average molecular weight is 263 g/mol. The first-order valence-corrected chi connectivity index (χ1v) is 5.84. The van der Waals surface area contributed by atoms with Crippen molar-refractivity contribution >= 4 is 11.6 Å². The maximum atomic E-state index is 5.47. The number of ether oxygens (including phenoxy) is 1. The number of hydrazine groups is 1. The van der Waals surface area contributed by atoms with Gasteiger partial charge >= 0.3 is 0 Å². The Morgan fingerprint density at radius 1 is 1.32 bits per heavy atom. The van der Waals surface area contributed by atoms with Crippen molar-refractivity contribution in [3.63, 3.8) is 0 Å². The lowest BCUT2D eigenvalue weighted by Gasteiger charge is -2.08. The summed E-state index contributed by atoms with van der Waals surface area (Å²) in [6.07, 6.45) is 0. The summed E-state index contributed by atoms with van der Waals surface area (Å²) in [6.45, 7) is 2.77. The van der Waals surface area contributed by atoms with Crippen molar-refractivity contribution in [3.05, 3.63) is 35.5 Å². The predicted octanol–water partition coefficient (Wildman–Crippen LogP) is 1.42. The smallest absolute Gasteiger partial charge is 0.158 e. The Kier molecular flexibility index (Phi) is 4.32. The van der Waals surface area contributed by atoms with Crippen LogP contribution in [0.25, 0.3) is 0 Å². The van der Waals surface area contributed by atoms with E-state index in [1.54, 1.807) is 13.2 Å². The molecule has 2 heterocycles. The Balaban J connectivity index is 2.08. The molecule has 0 aliphatic rings. The van der Waals surface area contributed by atoms with Crippen molar-refractivity contribution in [2.75, 3.05) is 17.9 Å². The number of rotatable bonds is 6. The fourth-order valence-corrected chi connectivity index (χ4v) is 1.61. The number of nitrogens with zero attached hydrogens (tertiary/aromatic N) is 2. The number of methoxy groups -OCH3 is 1. The summed E-state index contributed by atoms with van der Waals surface area (Å²) in [5, 5.41) is 3.15. The van der Waals surface area contributed by atoms with Crippen LogP contribution < -0.4 is 16.6 Å². The highest BCUT2D eigenvalue weighted by molar-refractivity contribution is 5.46. The number of hydrogen-bond acceptors (Lipinski definition) is 7. The summed E-state index contributed by atoms with van der Waals surface area (Å²) in [5.74, 6) is 8.82. The van der Waals surface area contributed by atoms with E-state index >= 15 is 0 Å². The third kappa shape index (κ3) is 3.67. The van der Waals surface area contributed by atoms with Gasteiger partial charge in [0.15, 0.2) is 5.82 Å². The molecule has 0 unspecified atom stereocenters. The number of aryl methyl sites for hydroxylation is 1. The molecule has 0 saturated carbocycles. The Morgan fingerprint density at radius 2 is 2.11 bits per heavy atom. The molecule has 7 heteroatoms. The molecule has 0 amide bonds. The van der Waals surface area contributed by atoms with E-state index in [-0.39, 0.29) is 0 Å². The number of hydrogen-bond donors (Lipinski definition) is 3. The van der Waals surface area contributed by atoms with Gasteiger partial charge in [0.1, 0.15) is 29.8 Å². The molecule has 7 nitrogen and oxygen atoms in total. The molecule has 0 bridgehead atoms. The maximum absolute atomic E-state index is 5.47. The number of nitrogens with two attached hydrogens (primary N) is 1. The van der Waals surface area contributed by atoms with E-state index in [0.717, 1.165) is 11.5 Å². The zero-order valence-electron chi connectivity index (χ0n) is 10.9. The molecule has 2 rings (SSSR count). The van der Waals surface area contributed by atoms with Crippen molar-refractivity contribution in [2.45, 2.75) is 20.1 Å². The van der Waals surface area contributed by atoms with Crippen LogP contribution in [0.3, 0.4) is 0 Å². The highest BCUT2D eigenvalue weighted by Gasteiger charge is 2.05. The van der Waals surface area contributed by atoms with Crippen molar-refractivity contribution in [1.29, 1.82) is 0 Å². The van der Waals surface area contributed by atoms with Gasteiger partial charge in [-0.2, -0.15) is 0 Å². The zero-order valence-corrected chi connectivity index (χ0v) is 10.9. The number of nitrogen functional groups attached to an aromatic ring is 1. The van der Waals surface area contributed by atoms with E-state index in [0.29, 0.717) is 30.6 Å². The van der Waals surface area contributed by atoms with Gasteiger partial charge in [-0.15, -0.1) is 0 Å². The van der Waals surface area contributed by atoms with Gasteiger partial charge in [-0.3, -0.25) is 0 Å². The quantitative estimate of drug-likeness (QED) is 0.535. The van der Waals surface area contributed by atoms with Gasteiger partial charge in [0.25, 0.3) is 0 Å². The van der Waals surface area contributed by atoms with Gasteiger partial charge in [0.2, 0.25) is 0 Å². The Hall–Kier alpha value is -2.12. The SMILES string of the molecule is COCc1nc(NN)cc(NCc2ccc(C)o2)n1. The van der Waals surface area contributed by atoms with E-state index in [9.17, 15) is 0 Å².